The number of aromatic nitrogens is 2. The van der Waals surface area contributed by atoms with Crippen molar-refractivity contribution in [2.24, 2.45) is 0 Å². The fraction of sp³-hybridized carbons (Fsp3) is 0.469. The maximum absolute atomic E-state index is 13.5. The van der Waals surface area contributed by atoms with E-state index in [2.05, 4.69) is 16.2 Å². The van der Waals surface area contributed by atoms with E-state index in [0.29, 0.717) is 30.6 Å². The fourth-order valence-corrected chi connectivity index (χ4v) is 6.96. The molecule has 1 aromatic heterocycles. The molecule has 10 nitrogen and oxygen atoms in total. The van der Waals surface area contributed by atoms with E-state index < -0.39 is 17.6 Å². The highest BCUT2D eigenvalue weighted by molar-refractivity contribution is 6.27. The van der Waals surface area contributed by atoms with E-state index >= 15 is 0 Å². The Morgan fingerprint density at radius 3 is 2.67 bits per heavy atom. The molecule has 218 valence electrons. The van der Waals surface area contributed by atoms with Crippen LogP contribution in [0.2, 0.25) is 0 Å². The number of rotatable bonds is 4. The van der Waals surface area contributed by atoms with Crippen molar-refractivity contribution in [2.75, 3.05) is 11.4 Å². The van der Waals surface area contributed by atoms with E-state index in [9.17, 15) is 19.2 Å². The zero-order chi connectivity index (χ0) is 29.4. The van der Waals surface area contributed by atoms with E-state index in [-0.39, 0.29) is 35.9 Å². The van der Waals surface area contributed by atoms with Crippen LogP contribution in [0.1, 0.15) is 86.8 Å². The molecule has 4 heterocycles. The Morgan fingerprint density at radius 1 is 1.12 bits per heavy atom. The molecule has 7 rings (SSSR count). The Morgan fingerprint density at radius 2 is 1.93 bits per heavy atom. The first-order valence-corrected chi connectivity index (χ1v) is 14.8. The number of carbonyl (C=O) groups is 4. The normalized spacial score (nSPS) is 23.1. The third-order valence-electron chi connectivity index (χ3n) is 9.08. The number of ether oxygens (including phenoxy) is 1. The molecule has 3 aliphatic heterocycles. The van der Waals surface area contributed by atoms with Crippen molar-refractivity contribution < 1.29 is 23.9 Å². The van der Waals surface area contributed by atoms with Crippen LogP contribution in [-0.4, -0.2) is 62.2 Å². The van der Waals surface area contributed by atoms with Gasteiger partial charge in [-0.1, -0.05) is 18.2 Å². The maximum atomic E-state index is 13.5. The minimum absolute atomic E-state index is 0.129. The van der Waals surface area contributed by atoms with Crippen LogP contribution < -0.4 is 10.2 Å². The van der Waals surface area contributed by atoms with Gasteiger partial charge in [-0.3, -0.25) is 29.3 Å². The molecule has 3 aromatic rings. The average Bonchev–Trinajstić information content (AvgIpc) is 3.41. The van der Waals surface area contributed by atoms with Gasteiger partial charge in [0.25, 0.3) is 5.91 Å². The van der Waals surface area contributed by atoms with Crippen molar-refractivity contribution in [1.29, 1.82) is 0 Å². The molecule has 1 aliphatic carbocycles. The third kappa shape index (κ3) is 4.44. The Hall–Kier alpha value is -4.21. The zero-order valence-electron chi connectivity index (χ0n) is 24.2. The number of benzene rings is 2. The second kappa shape index (κ2) is 9.40. The number of carbonyl (C=O) groups excluding carboxylic acids is 4. The zero-order valence-corrected chi connectivity index (χ0v) is 24.2. The highest BCUT2D eigenvalue weighted by atomic mass is 16.6. The van der Waals surface area contributed by atoms with Crippen LogP contribution in [0.4, 0.5) is 10.5 Å². The number of amides is 4. The summed E-state index contributed by atoms with van der Waals surface area (Å²) in [6.45, 7) is 6.35. The molecule has 1 spiro atoms. The molecule has 4 amide bonds. The van der Waals surface area contributed by atoms with E-state index in [0.717, 1.165) is 47.6 Å². The van der Waals surface area contributed by atoms with Crippen LogP contribution in [0.15, 0.2) is 42.7 Å². The number of hydrogen-bond donors (Lipinski definition) is 1. The van der Waals surface area contributed by atoms with E-state index in [1.165, 1.54) is 0 Å². The number of nitrogens with one attached hydrogen (secondary N) is 1. The van der Waals surface area contributed by atoms with E-state index in [4.69, 9.17) is 9.84 Å². The van der Waals surface area contributed by atoms with Gasteiger partial charge in [-0.15, -0.1) is 0 Å². The molecule has 2 aromatic carbocycles. The molecular weight excluding hydrogens is 534 g/mol. The van der Waals surface area contributed by atoms with Gasteiger partial charge in [0, 0.05) is 42.1 Å². The van der Waals surface area contributed by atoms with Crippen molar-refractivity contribution in [3.63, 3.8) is 0 Å². The van der Waals surface area contributed by atoms with E-state index in [1.54, 1.807) is 11.0 Å². The third-order valence-corrected chi connectivity index (χ3v) is 9.08. The van der Waals surface area contributed by atoms with Gasteiger partial charge in [0.15, 0.2) is 0 Å². The largest absolute Gasteiger partial charge is 0.444 e. The SMILES string of the molecule is CC(C)(C)OC(=O)N1CC[C@H](n2cc(Cc3ccc4c5c(cccc35)C(=O)N4C3CCC(=O)NC3=O)cn2)CC12CC2. The summed E-state index contributed by atoms with van der Waals surface area (Å²) in [4.78, 5) is 54.2. The molecule has 1 saturated carbocycles. The highest BCUT2D eigenvalue weighted by Crippen LogP contribution is 2.51. The maximum Gasteiger partial charge on any atom is 0.410 e. The minimum Gasteiger partial charge on any atom is -0.444 e. The quantitative estimate of drug-likeness (QED) is 0.463. The van der Waals surface area contributed by atoms with Gasteiger partial charge >= 0.3 is 6.09 Å². The van der Waals surface area contributed by atoms with Gasteiger partial charge in [0.2, 0.25) is 11.8 Å². The van der Waals surface area contributed by atoms with Gasteiger partial charge in [-0.25, -0.2) is 4.79 Å². The van der Waals surface area contributed by atoms with Gasteiger partial charge in [-0.2, -0.15) is 5.10 Å². The number of likely N-dealkylation sites (tertiary alicyclic amines) is 1. The van der Waals surface area contributed by atoms with Gasteiger partial charge in [-0.05, 0) is 81.5 Å². The lowest BCUT2D eigenvalue weighted by Crippen LogP contribution is -2.53. The number of anilines is 1. The summed E-state index contributed by atoms with van der Waals surface area (Å²) < 4.78 is 7.74. The van der Waals surface area contributed by atoms with Crippen LogP contribution in [0.5, 0.6) is 0 Å². The van der Waals surface area contributed by atoms with Crippen LogP contribution in [0, 0.1) is 0 Å². The minimum atomic E-state index is -0.702. The summed E-state index contributed by atoms with van der Waals surface area (Å²) in [5.41, 5.74) is 2.80. The predicted octanol–water partition coefficient (Wildman–Crippen LogP) is 4.50. The lowest BCUT2D eigenvalue weighted by Gasteiger charge is -2.40. The Balaban J connectivity index is 1.11. The molecule has 4 aliphatic rings. The molecule has 2 saturated heterocycles. The standard InChI is InChI=1S/C32H35N5O5/c1-31(2,3)42-30(41)35-14-11-21(16-32(35)12-13-32)36-18-19(17-33-36)15-20-7-8-24-27-22(20)5-4-6-23(27)29(40)37(24)25-9-10-26(38)34-28(25)39/h4-8,17-18,21,25H,9-16H2,1-3H3,(H,34,38,39)/t21-,25?/m0/s1. The summed E-state index contributed by atoms with van der Waals surface area (Å²) in [6, 6.07) is 9.16. The second-order valence-corrected chi connectivity index (χ2v) is 13.1. The second-order valence-electron chi connectivity index (χ2n) is 13.1. The highest BCUT2D eigenvalue weighted by Gasteiger charge is 2.54. The summed E-state index contributed by atoms with van der Waals surface area (Å²) in [6.07, 6.45) is 8.63. The van der Waals surface area contributed by atoms with E-state index in [1.807, 2.05) is 56.1 Å². The van der Waals surface area contributed by atoms with Crippen molar-refractivity contribution in [1.82, 2.24) is 20.0 Å². The summed E-state index contributed by atoms with van der Waals surface area (Å²) in [5.74, 6) is -0.939. The van der Waals surface area contributed by atoms with Crippen molar-refractivity contribution in [3.8, 4) is 0 Å². The van der Waals surface area contributed by atoms with Crippen molar-refractivity contribution in [2.45, 2.75) is 88.9 Å². The molecule has 1 unspecified atom stereocenters. The van der Waals surface area contributed by atoms with Crippen molar-refractivity contribution in [3.05, 3.63) is 59.4 Å². The number of piperidine rings is 2. The van der Waals surface area contributed by atoms with Crippen LogP contribution >= 0.6 is 0 Å². The molecular formula is C32H35N5O5. The van der Waals surface area contributed by atoms with Crippen molar-refractivity contribution >= 4 is 40.3 Å². The molecule has 10 heteroatoms. The van der Waals surface area contributed by atoms with Gasteiger partial charge in [0.05, 0.1) is 17.9 Å². The van der Waals surface area contributed by atoms with Crippen LogP contribution in [-0.2, 0) is 20.7 Å². The van der Waals surface area contributed by atoms with Crippen LogP contribution in [0.3, 0.4) is 0 Å². The fourth-order valence-electron chi connectivity index (χ4n) is 6.96. The average molecular weight is 570 g/mol. The summed E-state index contributed by atoms with van der Waals surface area (Å²) in [7, 11) is 0. The Labute approximate surface area is 244 Å². The monoisotopic (exact) mass is 569 g/mol. The first kappa shape index (κ1) is 26.7. The summed E-state index contributed by atoms with van der Waals surface area (Å²) >= 11 is 0. The number of nitrogens with zero attached hydrogens (tertiary/aromatic N) is 4. The first-order chi connectivity index (χ1) is 20.0. The summed E-state index contributed by atoms with van der Waals surface area (Å²) in [5, 5.41) is 8.94. The Kier molecular flexibility index (Phi) is 5.97. The Bertz CT molecular complexity index is 1650. The van der Waals surface area contributed by atoms with Gasteiger partial charge in [0.1, 0.15) is 11.6 Å². The molecule has 42 heavy (non-hydrogen) atoms. The van der Waals surface area contributed by atoms with Gasteiger partial charge < -0.3 is 9.64 Å². The topological polar surface area (TPSA) is 114 Å². The molecule has 3 fully saturated rings. The number of hydrogen-bond acceptors (Lipinski definition) is 6. The first-order valence-electron chi connectivity index (χ1n) is 14.8. The van der Waals surface area contributed by atoms with Crippen LogP contribution in [0.25, 0.3) is 10.8 Å². The lowest BCUT2D eigenvalue weighted by molar-refractivity contribution is -0.134. The smallest absolute Gasteiger partial charge is 0.410 e. The molecule has 0 radical (unpaired) electrons. The molecule has 0 bridgehead atoms. The number of imide groups is 1. The molecule has 1 N–H and O–H groups in total. The predicted molar refractivity (Wildman–Crippen MR) is 155 cm³/mol. The lowest BCUT2D eigenvalue weighted by atomic mass is 9.95. The molecule has 2 atom stereocenters.